The summed E-state index contributed by atoms with van der Waals surface area (Å²) in [6.45, 7) is 6.02. The standard InChI is InChI=1S/C23H31FN4O2/c1-4-30-23(29)25-17-22(18-5-9-20(10-6-18)26(2)3)28-15-13-27(14-16-28)21-11-7-19(24)8-12-21/h5-12,22H,4,13-17H2,1-3H3,(H,25,29)/t22-/m1/s1. The van der Waals surface area contributed by atoms with Crippen LogP contribution in [0.2, 0.25) is 0 Å². The van der Waals surface area contributed by atoms with Crippen LogP contribution in [0.5, 0.6) is 0 Å². The van der Waals surface area contributed by atoms with E-state index in [1.807, 2.05) is 26.2 Å². The van der Waals surface area contributed by atoms with Gasteiger partial charge in [-0.05, 0) is 48.9 Å². The van der Waals surface area contributed by atoms with Gasteiger partial charge in [0.1, 0.15) is 5.82 Å². The molecule has 1 N–H and O–H groups in total. The predicted octanol–water partition coefficient (Wildman–Crippen LogP) is 3.50. The molecule has 0 aromatic heterocycles. The van der Waals surface area contributed by atoms with E-state index in [2.05, 4.69) is 44.3 Å². The maximum Gasteiger partial charge on any atom is 0.407 e. The highest BCUT2D eigenvalue weighted by Gasteiger charge is 2.26. The molecule has 2 aromatic carbocycles. The molecule has 3 rings (SSSR count). The molecule has 0 aliphatic carbocycles. The Morgan fingerprint density at radius 3 is 2.27 bits per heavy atom. The van der Waals surface area contributed by atoms with Gasteiger partial charge in [-0.15, -0.1) is 0 Å². The average molecular weight is 415 g/mol. The van der Waals surface area contributed by atoms with Gasteiger partial charge in [-0.1, -0.05) is 12.1 Å². The van der Waals surface area contributed by atoms with Gasteiger partial charge in [0.2, 0.25) is 0 Å². The van der Waals surface area contributed by atoms with Gasteiger partial charge in [-0.2, -0.15) is 0 Å². The smallest absolute Gasteiger partial charge is 0.407 e. The minimum Gasteiger partial charge on any atom is -0.450 e. The van der Waals surface area contributed by atoms with Gasteiger partial charge in [-0.25, -0.2) is 9.18 Å². The molecule has 1 atom stereocenters. The number of carbonyl (C=O) groups excluding carboxylic acids is 1. The van der Waals surface area contributed by atoms with E-state index >= 15 is 0 Å². The van der Waals surface area contributed by atoms with E-state index in [1.165, 1.54) is 12.1 Å². The van der Waals surface area contributed by atoms with Gasteiger partial charge in [0.05, 0.1) is 12.6 Å². The molecule has 6 nitrogen and oxygen atoms in total. The molecule has 0 saturated carbocycles. The number of piperazine rings is 1. The molecule has 1 saturated heterocycles. The average Bonchev–Trinajstić information content (AvgIpc) is 2.75. The number of anilines is 2. The van der Waals surface area contributed by atoms with Crippen LogP contribution in [-0.2, 0) is 4.74 Å². The zero-order chi connectivity index (χ0) is 21.5. The fraction of sp³-hybridized carbons (Fsp3) is 0.435. The minimum atomic E-state index is -0.391. The number of nitrogens with zero attached hydrogens (tertiary/aromatic N) is 3. The van der Waals surface area contributed by atoms with Crippen molar-refractivity contribution in [1.82, 2.24) is 10.2 Å². The molecule has 2 aromatic rings. The number of hydrogen-bond donors (Lipinski definition) is 1. The summed E-state index contributed by atoms with van der Waals surface area (Å²) >= 11 is 0. The second-order valence-electron chi connectivity index (χ2n) is 7.60. The lowest BCUT2D eigenvalue weighted by atomic mass is 10.0. The second kappa shape index (κ2) is 10.3. The molecule has 7 heteroatoms. The second-order valence-corrected chi connectivity index (χ2v) is 7.60. The molecule has 0 radical (unpaired) electrons. The van der Waals surface area contributed by atoms with Crippen LogP contribution in [0.4, 0.5) is 20.6 Å². The lowest BCUT2D eigenvalue weighted by molar-refractivity contribution is 0.140. The van der Waals surface area contributed by atoms with Gasteiger partial charge >= 0.3 is 6.09 Å². The van der Waals surface area contributed by atoms with Gasteiger partial charge in [-0.3, -0.25) is 4.90 Å². The Hall–Kier alpha value is -2.80. The normalized spacial score (nSPS) is 15.5. The summed E-state index contributed by atoms with van der Waals surface area (Å²) in [6, 6.07) is 15.2. The Labute approximate surface area is 178 Å². The Morgan fingerprint density at radius 2 is 1.70 bits per heavy atom. The van der Waals surface area contributed by atoms with Crippen molar-refractivity contribution in [3.63, 3.8) is 0 Å². The monoisotopic (exact) mass is 414 g/mol. The fourth-order valence-corrected chi connectivity index (χ4v) is 3.76. The van der Waals surface area contributed by atoms with Crippen LogP contribution in [0.3, 0.4) is 0 Å². The summed E-state index contributed by atoms with van der Waals surface area (Å²) < 4.78 is 18.3. The first-order valence-electron chi connectivity index (χ1n) is 10.4. The lowest BCUT2D eigenvalue weighted by Crippen LogP contribution is -2.50. The fourth-order valence-electron chi connectivity index (χ4n) is 3.76. The molecule has 162 valence electrons. The van der Waals surface area contributed by atoms with E-state index < -0.39 is 6.09 Å². The maximum absolute atomic E-state index is 13.2. The summed E-state index contributed by atoms with van der Waals surface area (Å²) in [6.07, 6.45) is -0.391. The highest BCUT2D eigenvalue weighted by Crippen LogP contribution is 2.26. The molecule has 1 heterocycles. The van der Waals surface area contributed by atoms with E-state index in [4.69, 9.17) is 4.74 Å². The maximum atomic E-state index is 13.2. The summed E-state index contributed by atoms with van der Waals surface area (Å²) in [5, 5.41) is 2.90. The summed E-state index contributed by atoms with van der Waals surface area (Å²) in [4.78, 5) is 18.6. The number of carbonyl (C=O) groups is 1. The van der Waals surface area contributed by atoms with E-state index in [1.54, 1.807) is 6.92 Å². The van der Waals surface area contributed by atoms with E-state index in [0.29, 0.717) is 13.2 Å². The summed E-state index contributed by atoms with van der Waals surface area (Å²) in [5.41, 5.74) is 3.33. The number of ether oxygens (including phenoxy) is 1. The van der Waals surface area contributed by atoms with Crippen molar-refractivity contribution < 1.29 is 13.9 Å². The number of benzene rings is 2. The lowest BCUT2D eigenvalue weighted by Gasteiger charge is -2.40. The molecule has 0 bridgehead atoms. The minimum absolute atomic E-state index is 0.0565. The molecule has 0 spiro atoms. The molecule has 1 aliphatic heterocycles. The molecule has 1 aliphatic rings. The van der Waals surface area contributed by atoms with Gasteiger partial charge in [0.25, 0.3) is 0 Å². The highest BCUT2D eigenvalue weighted by molar-refractivity contribution is 5.67. The first-order valence-corrected chi connectivity index (χ1v) is 10.4. The van der Waals surface area contributed by atoms with Crippen LogP contribution >= 0.6 is 0 Å². The Bertz CT molecular complexity index is 803. The van der Waals surface area contributed by atoms with Crippen LogP contribution in [0.15, 0.2) is 48.5 Å². The van der Waals surface area contributed by atoms with Crippen molar-refractivity contribution in [3.8, 4) is 0 Å². The molecule has 1 fully saturated rings. The van der Waals surface area contributed by atoms with Crippen molar-refractivity contribution in [1.29, 1.82) is 0 Å². The molecular formula is C23H31FN4O2. The van der Waals surface area contributed by atoms with Crippen molar-refractivity contribution in [2.75, 3.05) is 63.2 Å². The van der Waals surface area contributed by atoms with Gasteiger partial charge in [0, 0.05) is 58.2 Å². The largest absolute Gasteiger partial charge is 0.450 e. The van der Waals surface area contributed by atoms with Gasteiger partial charge < -0.3 is 19.9 Å². The number of amides is 1. The Kier molecular flexibility index (Phi) is 7.52. The third-order valence-corrected chi connectivity index (χ3v) is 5.46. The van der Waals surface area contributed by atoms with Crippen LogP contribution in [0.25, 0.3) is 0 Å². The van der Waals surface area contributed by atoms with Gasteiger partial charge in [0.15, 0.2) is 0 Å². The van der Waals surface area contributed by atoms with Crippen LogP contribution in [0.1, 0.15) is 18.5 Å². The van der Waals surface area contributed by atoms with E-state index in [0.717, 1.165) is 43.1 Å². The zero-order valence-electron chi connectivity index (χ0n) is 18.0. The van der Waals surface area contributed by atoms with E-state index in [-0.39, 0.29) is 11.9 Å². The zero-order valence-corrected chi connectivity index (χ0v) is 18.0. The predicted molar refractivity (Wildman–Crippen MR) is 119 cm³/mol. The third kappa shape index (κ3) is 5.63. The van der Waals surface area contributed by atoms with Crippen molar-refractivity contribution in [3.05, 3.63) is 59.9 Å². The molecule has 30 heavy (non-hydrogen) atoms. The number of rotatable bonds is 7. The molecule has 1 amide bonds. The van der Waals surface area contributed by atoms with Crippen LogP contribution in [-0.4, -0.2) is 64.4 Å². The van der Waals surface area contributed by atoms with Crippen molar-refractivity contribution in [2.24, 2.45) is 0 Å². The highest BCUT2D eigenvalue weighted by atomic mass is 19.1. The van der Waals surface area contributed by atoms with Crippen LogP contribution in [0, 0.1) is 5.82 Å². The van der Waals surface area contributed by atoms with E-state index in [9.17, 15) is 9.18 Å². The van der Waals surface area contributed by atoms with Crippen LogP contribution < -0.4 is 15.1 Å². The number of halogens is 1. The van der Waals surface area contributed by atoms with Crippen molar-refractivity contribution >= 4 is 17.5 Å². The number of hydrogen-bond acceptors (Lipinski definition) is 5. The quantitative estimate of drug-likeness (QED) is 0.752. The Morgan fingerprint density at radius 1 is 1.07 bits per heavy atom. The Balaban J connectivity index is 1.70. The number of alkyl carbamates (subject to hydrolysis) is 1. The summed E-state index contributed by atoms with van der Waals surface area (Å²) in [5.74, 6) is -0.219. The summed E-state index contributed by atoms with van der Waals surface area (Å²) in [7, 11) is 4.03. The SMILES string of the molecule is CCOC(=O)NC[C@H](c1ccc(N(C)C)cc1)N1CCN(c2ccc(F)cc2)CC1. The topological polar surface area (TPSA) is 48.1 Å². The first-order chi connectivity index (χ1) is 14.5. The molecular weight excluding hydrogens is 383 g/mol. The third-order valence-electron chi connectivity index (χ3n) is 5.46. The van der Waals surface area contributed by atoms with Crippen molar-refractivity contribution in [2.45, 2.75) is 13.0 Å². The first kappa shape index (κ1) is 21.9. The molecule has 0 unspecified atom stereocenters. The number of nitrogens with one attached hydrogen (secondary N) is 1.